The van der Waals surface area contributed by atoms with Gasteiger partial charge in [-0.1, -0.05) is 0 Å². The summed E-state index contributed by atoms with van der Waals surface area (Å²) in [6.45, 7) is 16.7. The van der Waals surface area contributed by atoms with Crippen LogP contribution in [0.1, 0.15) is 46.6 Å². The lowest BCUT2D eigenvalue weighted by atomic mass is 10.3. The number of aromatic nitrogens is 16. The lowest BCUT2D eigenvalue weighted by Gasteiger charge is -2.09. The Morgan fingerprint density at radius 1 is 0.237 bits per heavy atom. The lowest BCUT2D eigenvalue weighted by Crippen LogP contribution is -2.39. The molecule has 0 aliphatic rings. The minimum Gasteiger partial charge on any atom is -0.867 e. The SMILES string of the molecule is Cc1n(C)cc[n+]1C.Cc1n(C)cc[n+]1C.Cc1n(C)cc[n+]1C.Cc1n(C)cc[n+]1C.Cc1n(C)cc[n+]1C.Cc1n(C)cc[n+]1C.Cc1n(C)cc[n+]1C.Cc1n(C)cc[n+]1C.[O-]B([O-])F.[O-]B([O-])F.[O-]B([O-])F.[O-]B([O-])F. The van der Waals surface area contributed by atoms with E-state index in [-0.39, 0.29) is 0 Å². The molecule has 8 heterocycles. The quantitative estimate of drug-likeness (QED) is 0.0799. The summed E-state index contributed by atoms with van der Waals surface area (Å²) in [5.41, 5.74) is 0. The van der Waals surface area contributed by atoms with Gasteiger partial charge in [0, 0.05) is 55.4 Å². The van der Waals surface area contributed by atoms with Gasteiger partial charge in [-0.3, -0.25) is 0 Å². The predicted molar refractivity (Wildman–Crippen MR) is 278 cm³/mol. The Morgan fingerprint density at radius 2 is 0.300 bits per heavy atom. The van der Waals surface area contributed by atoms with Gasteiger partial charge >= 0.3 is 0 Å². The van der Waals surface area contributed by atoms with E-state index in [9.17, 15) is 17.3 Å². The summed E-state index contributed by atoms with van der Waals surface area (Å²) in [4.78, 5) is 0. The van der Waals surface area contributed by atoms with Crippen molar-refractivity contribution >= 4 is 29.6 Å². The molecule has 0 N–H and O–H groups in total. The van der Waals surface area contributed by atoms with E-state index in [0.717, 1.165) is 0 Å². The highest BCUT2D eigenvalue weighted by Crippen LogP contribution is 1.89. The molecule has 0 aliphatic heterocycles. The van der Waals surface area contributed by atoms with E-state index in [2.05, 4.69) is 128 Å². The van der Waals surface area contributed by atoms with Crippen molar-refractivity contribution in [3.63, 3.8) is 0 Å². The second-order valence-electron chi connectivity index (χ2n) is 17.6. The van der Waals surface area contributed by atoms with Gasteiger partial charge in [-0.25, -0.2) is 73.1 Å². The predicted octanol–water partition coefficient (Wildman–Crippen LogP) is -8.09. The van der Waals surface area contributed by atoms with Crippen LogP contribution < -0.4 is 76.7 Å². The molecule has 0 aliphatic carbocycles. The second-order valence-corrected chi connectivity index (χ2v) is 17.6. The molecule has 8 aromatic heterocycles. The smallest absolute Gasteiger partial charge is 0.252 e. The van der Waals surface area contributed by atoms with Crippen LogP contribution in [-0.4, -0.2) is 66.1 Å². The van der Waals surface area contributed by atoms with Crippen molar-refractivity contribution in [2.45, 2.75) is 55.4 Å². The van der Waals surface area contributed by atoms with Gasteiger partial charge in [-0.2, -0.15) is 0 Å². The Bertz CT molecular complexity index is 2140. The molecular weight excluding hydrogens is 1050 g/mol. The first-order chi connectivity index (χ1) is 36.6. The molecule has 24 nitrogen and oxygen atoms in total. The summed E-state index contributed by atoms with van der Waals surface area (Å²) in [5, 5.41) is 66.4. The average Bonchev–Trinajstić information content (AvgIpc) is 4.26. The summed E-state index contributed by atoms with van der Waals surface area (Å²) in [6.07, 6.45) is 32.6. The Kier molecular flexibility index (Phi) is 42.2. The normalized spacial score (nSPS) is 9.25. The van der Waals surface area contributed by atoms with Gasteiger partial charge < -0.3 is 57.5 Å². The highest BCUT2D eigenvalue weighted by molar-refractivity contribution is 6.27. The maximum absolute atomic E-state index is 9.89. The van der Waals surface area contributed by atoms with Gasteiger partial charge in [-0.15, -0.1) is 0 Å². The molecule has 0 amide bonds. The molecule has 0 radical (unpaired) electrons. The van der Waals surface area contributed by atoms with Gasteiger partial charge in [0.05, 0.1) is 113 Å². The Labute approximate surface area is 472 Å². The standard InChI is InChI=1S/8C6H11N2.4BFO2/c8*1-6-7(2)4-5-8(6)3;4*2-1(3)4/h8*4-5H,1-3H3;;;;/q8*+1;4*-2. The van der Waals surface area contributed by atoms with Gasteiger partial charge in [0.15, 0.2) is 0 Å². The van der Waals surface area contributed by atoms with Crippen LogP contribution in [0, 0.1) is 55.4 Å². The molecule has 0 atom stereocenters. The topological polar surface area (TPSA) is 255 Å². The second kappa shape index (κ2) is 42.3. The molecule has 8 rings (SSSR count). The third kappa shape index (κ3) is 37.3. The van der Waals surface area contributed by atoms with E-state index in [1.54, 1.807) is 0 Å². The zero-order valence-electron chi connectivity index (χ0n) is 51.5. The molecule has 32 heteroatoms. The van der Waals surface area contributed by atoms with Crippen LogP contribution in [0.4, 0.5) is 17.3 Å². The minimum absolute atomic E-state index is 1.27. The van der Waals surface area contributed by atoms with Crippen LogP contribution in [0.3, 0.4) is 0 Å². The van der Waals surface area contributed by atoms with E-state index >= 15 is 0 Å². The summed E-state index contributed by atoms with van der Waals surface area (Å²) >= 11 is 0. The van der Waals surface area contributed by atoms with E-state index in [4.69, 9.17) is 40.2 Å². The van der Waals surface area contributed by atoms with E-state index in [1.807, 2.05) is 212 Å². The van der Waals surface area contributed by atoms with E-state index in [1.165, 1.54) is 46.6 Å². The van der Waals surface area contributed by atoms with Gasteiger partial charge in [0.1, 0.15) is 129 Å². The van der Waals surface area contributed by atoms with Crippen molar-refractivity contribution in [3.8, 4) is 0 Å². The summed E-state index contributed by atoms with van der Waals surface area (Å²) < 4.78 is 72.9. The van der Waals surface area contributed by atoms with Crippen molar-refractivity contribution in [1.29, 1.82) is 0 Å². The maximum Gasteiger partial charge on any atom is 0.252 e. The number of aryl methyl sites for hydroxylation is 16. The molecule has 0 unspecified atom stereocenters. The zero-order chi connectivity index (χ0) is 63.5. The molecule has 0 spiro atoms. The number of imidazole rings is 8. The average molecular weight is 1140 g/mol. The van der Waals surface area contributed by atoms with Crippen LogP contribution in [-0.2, 0) is 113 Å². The summed E-state index contributed by atoms with van der Waals surface area (Å²) in [6, 6.07) is 0. The van der Waals surface area contributed by atoms with E-state index in [0.29, 0.717) is 0 Å². The number of rotatable bonds is 0. The Balaban J connectivity index is -0.000000398. The Morgan fingerprint density at radius 3 is 0.312 bits per heavy atom. The monoisotopic (exact) mass is 1140 g/mol. The van der Waals surface area contributed by atoms with Crippen LogP contribution >= 0.6 is 0 Å². The molecule has 0 saturated carbocycles. The van der Waals surface area contributed by atoms with Gasteiger partial charge in [0.2, 0.25) is 0 Å². The van der Waals surface area contributed by atoms with Crippen LogP contribution in [0.5, 0.6) is 0 Å². The third-order valence-corrected chi connectivity index (χ3v) is 12.3. The zero-order valence-corrected chi connectivity index (χ0v) is 51.5. The molecule has 0 saturated heterocycles. The molecule has 0 aromatic carbocycles. The number of nitrogens with zero attached hydrogens (tertiary/aromatic N) is 16. The van der Waals surface area contributed by atoms with E-state index < -0.39 is 29.6 Å². The van der Waals surface area contributed by atoms with Gasteiger partial charge in [-0.05, 0) is 0 Å². The molecule has 80 heavy (non-hydrogen) atoms. The molecule has 8 aromatic rings. The number of halogens is 4. The van der Waals surface area contributed by atoms with Crippen molar-refractivity contribution < 1.29 is 94.0 Å². The highest BCUT2D eigenvalue weighted by atomic mass is 19.1. The first-order valence-corrected chi connectivity index (χ1v) is 24.3. The lowest BCUT2D eigenvalue weighted by molar-refractivity contribution is -0.677. The fourth-order valence-corrected chi connectivity index (χ4v) is 5.32. The fraction of sp³-hybridized carbons (Fsp3) is 0.500. The first-order valence-electron chi connectivity index (χ1n) is 24.3. The number of hydrogen-bond donors (Lipinski definition) is 0. The van der Waals surface area contributed by atoms with Crippen LogP contribution in [0.15, 0.2) is 99.1 Å². The van der Waals surface area contributed by atoms with Gasteiger partial charge in [0.25, 0.3) is 46.6 Å². The molecular formula is C48H88B4F4N16O8. The first kappa shape index (κ1) is 79.8. The molecule has 0 bridgehead atoms. The minimum atomic E-state index is -3.17. The largest absolute Gasteiger partial charge is 0.867 e. The Hall–Kier alpha value is -6.66. The summed E-state index contributed by atoms with van der Waals surface area (Å²) in [7, 11) is 19.9. The van der Waals surface area contributed by atoms with Crippen molar-refractivity contribution in [3.05, 3.63) is 146 Å². The fourth-order valence-electron chi connectivity index (χ4n) is 5.32. The van der Waals surface area contributed by atoms with Crippen LogP contribution in [0.25, 0.3) is 0 Å². The third-order valence-electron chi connectivity index (χ3n) is 12.3. The molecule has 0 fully saturated rings. The molecule has 448 valence electrons. The highest BCUT2D eigenvalue weighted by Gasteiger charge is 2.05. The van der Waals surface area contributed by atoms with Crippen LogP contribution in [0.2, 0.25) is 0 Å². The summed E-state index contributed by atoms with van der Waals surface area (Å²) in [5.74, 6) is 10.1. The maximum atomic E-state index is 9.89. The van der Waals surface area contributed by atoms with Crippen molar-refractivity contribution in [2.24, 2.45) is 113 Å². The number of hydrogen-bond acceptors (Lipinski definition) is 8. The van der Waals surface area contributed by atoms with Crippen molar-refractivity contribution in [1.82, 2.24) is 36.5 Å². The van der Waals surface area contributed by atoms with Crippen molar-refractivity contribution in [2.75, 3.05) is 0 Å².